The van der Waals surface area contributed by atoms with E-state index in [9.17, 15) is 9.59 Å². The van der Waals surface area contributed by atoms with Crippen molar-refractivity contribution in [3.8, 4) is 0 Å². The molecule has 0 aliphatic carbocycles. The van der Waals surface area contributed by atoms with Crippen molar-refractivity contribution in [2.24, 2.45) is 11.7 Å². The van der Waals surface area contributed by atoms with Gasteiger partial charge in [0.05, 0.1) is 0 Å². The molecular formula is C13H20N4O2. The first-order valence-corrected chi connectivity index (χ1v) is 6.21. The topological polar surface area (TPSA) is 96.2 Å². The number of urea groups is 1. The van der Waals surface area contributed by atoms with Gasteiger partial charge in [-0.15, -0.1) is 0 Å². The summed E-state index contributed by atoms with van der Waals surface area (Å²) in [7, 11) is 0. The summed E-state index contributed by atoms with van der Waals surface area (Å²) in [6.07, 6.45) is 0. The van der Waals surface area contributed by atoms with Crippen molar-refractivity contribution >= 4 is 23.3 Å². The first kappa shape index (κ1) is 15.0. The number of benzene rings is 1. The van der Waals surface area contributed by atoms with Crippen LogP contribution in [0.2, 0.25) is 0 Å². The van der Waals surface area contributed by atoms with Gasteiger partial charge in [0.25, 0.3) is 0 Å². The summed E-state index contributed by atoms with van der Waals surface area (Å²) >= 11 is 0. The molecule has 0 heterocycles. The van der Waals surface area contributed by atoms with Crippen molar-refractivity contribution in [3.63, 3.8) is 0 Å². The highest BCUT2D eigenvalue weighted by Gasteiger charge is 2.12. The Morgan fingerprint density at radius 1 is 1.16 bits per heavy atom. The number of carbonyl (C=O) groups excluding carboxylic acids is 2. The highest BCUT2D eigenvalue weighted by atomic mass is 16.2. The van der Waals surface area contributed by atoms with Gasteiger partial charge in [0, 0.05) is 23.8 Å². The number of carbonyl (C=O) groups is 2. The van der Waals surface area contributed by atoms with E-state index in [2.05, 4.69) is 16.0 Å². The maximum Gasteiger partial charge on any atom is 0.316 e. The smallest absolute Gasteiger partial charge is 0.316 e. The van der Waals surface area contributed by atoms with Crippen molar-refractivity contribution in [1.82, 2.24) is 5.32 Å². The van der Waals surface area contributed by atoms with Gasteiger partial charge >= 0.3 is 6.03 Å². The van der Waals surface area contributed by atoms with Crippen LogP contribution in [0.4, 0.5) is 16.2 Å². The second kappa shape index (κ2) is 7.38. The molecule has 1 aromatic carbocycles. The summed E-state index contributed by atoms with van der Waals surface area (Å²) in [6, 6.07) is 6.16. The van der Waals surface area contributed by atoms with Gasteiger partial charge in [0.2, 0.25) is 5.91 Å². The van der Waals surface area contributed by atoms with E-state index in [-0.39, 0.29) is 11.8 Å². The lowest BCUT2D eigenvalue weighted by molar-refractivity contribution is -0.119. The molecule has 6 heteroatoms. The van der Waals surface area contributed by atoms with Crippen LogP contribution in [0.15, 0.2) is 24.3 Å². The lowest BCUT2D eigenvalue weighted by atomic mass is 10.1. The van der Waals surface area contributed by atoms with E-state index < -0.39 is 6.03 Å². The van der Waals surface area contributed by atoms with Crippen molar-refractivity contribution in [3.05, 3.63) is 24.3 Å². The summed E-state index contributed by atoms with van der Waals surface area (Å²) in [5.41, 5.74) is 6.28. The molecule has 0 fully saturated rings. The zero-order valence-electron chi connectivity index (χ0n) is 11.2. The molecule has 0 bridgehead atoms. The van der Waals surface area contributed by atoms with Crippen LogP contribution in [0.3, 0.4) is 0 Å². The quantitative estimate of drug-likeness (QED) is 0.624. The van der Waals surface area contributed by atoms with Crippen LogP contribution in [0.1, 0.15) is 13.8 Å². The van der Waals surface area contributed by atoms with Crippen molar-refractivity contribution < 1.29 is 9.59 Å². The summed E-state index contributed by atoms with van der Waals surface area (Å²) < 4.78 is 0. The number of nitrogens with one attached hydrogen (secondary N) is 3. The van der Waals surface area contributed by atoms with E-state index >= 15 is 0 Å². The summed E-state index contributed by atoms with van der Waals surface area (Å²) in [4.78, 5) is 22.5. The van der Waals surface area contributed by atoms with Crippen molar-refractivity contribution in [2.45, 2.75) is 13.8 Å². The van der Waals surface area contributed by atoms with Crippen molar-refractivity contribution in [2.75, 3.05) is 23.7 Å². The van der Waals surface area contributed by atoms with Crippen LogP contribution < -0.4 is 21.7 Å². The predicted octanol–water partition coefficient (Wildman–Crippen LogP) is 1.36. The van der Waals surface area contributed by atoms with Crippen LogP contribution in [0.25, 0.3) is 0 Å². The largest absolute Gasteiger partial charge is 0.351 e. The zero-order valence-corrected chi connectivity index (χ0v) is 11.2. The molecular weight excluding hydrogens is 244 g/mol. The fraction of sp³-hybridized carbons (Fsp3) is 0.385. The molecule has 1 aromatic rings. The fourth-order valence-electron chi connectivity index (χ4n) is 1.50. The number of nitrogens with two attached hydrogens (primary N) is 1. The summed E-state index contributed by atoms with van der Waals surface area (Å²) in [5.74, 6) is -0.153. The third-order valence-electron chi connectivity index (χ3n) is 2.57. The molecule has 104 valence electrons. The first-order chi connectivity index (χ1) is 9.02. The Hall–Kier alpha value is -2.08. The molecule has 19 heavy (non-hydrogen) atoms. The van der Waals surface area contributed by atoms with Crippen LogP contribution in [-0.4, -0.2) is 25.0 Å². The van der Waals surface area contributed by atoms with E-state index in [4.69, 9.17) is 5.73 Å². The van der Waals surface area contributed by atoms with Gasteiger partial charge in [-0.3, -0.25) is 4.79 Å². The second-order valence-electron chi connectivity index (χ2n) is 4.26. The van der Waals surface area contributed by atoms with Crippen LogP contribution in [0, 0.1) is 5.92 Å². The predicted molar refractivity (Wildman–Crippen MR) is 76.0 cm³/mol. The molecule has 0 radical (unpaired) electrons. The average Bonchev–Trinajstić information content (AvgIpc) is 2.37. The van der Waals surface area contributed by atoms with Gasteiger partial charge in [0.1, 0.15) is 0 Å². The summed E-state index contributed by atoms with van der Waals surface area (Å²) in [6.45, 7) is 5.34. The molecule has 3 amide bonds. The zero-order chi connectivity index (χ0) is 14.3. The van der Waals surface area contributed by atoms with E-state index in [1.165, 1.54) is 0 Å². The second-order valence-corrected chi connectivity index (χ2v) is 4.26. The third-order valence-corrected chi connectivity index (χ3v) is 2.57. The highest BCUT2D eigenvalue weighted by molar-refractivity contribution is 5.93. The Kier molecular flexibility index (Phi) is 5.81. The molecule has 0 saturated carbocycles. The lowest BCUT2D eigenvalue weighted by Crippen LogP contribution is -2.30. The molecule has 0 aliphatic rings. The summed E-state index contributed by atoms with van der Waals surface area (Å²) in [5, 5.41) is 8.38. The van der Waals surface area contributed by atoms with Gasteiger partial charge < -0.3 is 21.7 Å². The SMILES string of the molecule is CCNCC(C)C(=O)Nc1ccc(NC(N)=O)cc1. The first-order valence-electron chi connectivity index (χ1n) is 6.21. The average molecular weight is 264 g/mol. The Morgan fingerprint density at radius 3 is 2.16 bits per heavy atom. The molecule has 1 rings (SSSR count). The molecule has 0 aliphatic heterocycles. The van der Waals surface area contributed by atoms with E-state index in [1.54, 1.807) is 24.3 Å². The Bertz CT molecular complexity index is 431. The van der Waals surface area contributed by atoms with Crippen LogP contribution >= 0.6 is 0 Å². The molecule has 1 unspecified atom stereocenters. The molecule has 0 aromatic heterocycles. The van der Waals surface area contributed by atoms with Crippen LogP contribution in [-0.2, 0) is 4.79 Å². The maximum absolute atomic E-state index is 11.8. The maximum atomic E-state index is 11.8. The van der Waals surface area contributed by atoms with Gasteiger partial charge in [-0.1, -0.05) is 13.8 Å². The Labute approximate surface area is 112 Å². The fourth-order valence-corrected chi connectivity index (χ4v) is 1.50. The minimum absolute atomic E-state index is 0.0449. The van der Waals surface area contributed by atoms with Gasteiger partial charge in [-0.2, -0.15) is 0 Å². The van der Waals surface area contributed by atoms with E-state index in [1.807, 2.05) is 13.8 Å². The molecule has 1 atom stereocenters. The van der Waals surface area contributed by atoms with E-state index in [0.717, 1.165) is 6.54 Å². The Balaban J connectivity index is 2.52. The number of hydrogen-bond acceptors (Lipinski definition) is 3. The molecule has 5 N–H and O–H groups in total. The molecule has 0 spiro atoms. The Morgan fingerprint density at radius 2 is 1.68 bits per heavy atom. The monoisotopic (exact) mass is 264 g/mol. The lowest BCUT2D eigenvalue weighted by Gasteiger charge is -2.12. The standard InChI is InChI=1S/C13H20N4O2/c1-3-15-8-9(2)12(18)16-10-4-6-11(7-5-10)17-13(14)19/h4-7,9,15H,3,8H2,1-2H3,(H,16,18)(H3,14,17,19). The minimum atomic E-state index is -0.615. The highest BCUT2D eigenvalue weighted by Crippen LogP contribution is 2.14. The third kappa shape index (κ3) is 5.39. The van der Waals surface area contributed by atoms with Gasteiger partial charge in [-0.25, -0.2) is 4.79 Å². The van der Waals surface area contributed by atoms with Crippen LogP contribution in [0.5, 0.6) is 0 Å². The number of amides is 3. The molecule has 0 saturated heterocycles. The van der Waals surface area contributed by atoms with Gasteiger partial charge in [-0.05, 0) is 30.8 Å². The number of rotatable bonds is 6. The number of hydrogen-bond donors (Lipinski definition) is 4. The number of anilines is 2. The van der Waals surface area contributed by atoms with Gasteiger partial charge in [0.15, 0.2) is 0 Å². The number of primary amides is 1. The van der Waals surface area contributed by atoms with Crippen molar-refractivity contribution in [1.29, 1.82) is 0 Å². The normalized spacial score (nSPS) is 11.7. The van der Waals surface area contributed by atoms with E-state index in [0.29, 0.717) is 17.9 Å². The minimum Gasteiger partial charge on any atom is -0.351 e. The molecule has 6 nitrogen and oxygen atoms in total.